The third kappa shape index (κ3) is 3.89. The van der Waals surface area contributed by atoms with Crippen LogP contribution in [0.5, 0.6) is 5.75 Å². The number of aromatic nitrogens is 2. The predicted molar refractivity (Wildman–Crippen MR) is 83.0 cm³/mol. The van der Waals surface area contributed by atoms with Crippen molar-refractivity contribution in [2.24, 2.45) is 0 Å². The lowest BCUT2D eigenvalue weighted by atomic mass is 10.2. The maximum Gasteiger partial charge on any atom is 0.436 e. The first-order chi connectivity index (χ1) is 11.3. The summed E-state index contributed by atoms with van der Waals surface area (Å²) in [4.78, 5) is 12.0. The highest BCUT2D eigenvalue weighted by atomic mass is 79.9. The summed E-state index contributed by atoms with van der Waals surface area (Å²) >= 11 is 2.82. The molecular weight excluding hydrogens is 393 g/mol. The van der Waals surface area contributed by atoms with Gasteiger partial charge in [0.2, 0.25) is 0 Å². The van der Waals surface area contributed by atoms with Crippen LogP contribution in [-0.2, 0) is 17.5 Å². The number of alkyl halides is 3. The molecule has 0 radical (unpaired) electrons. The van der Waals surface area contributed by atoms with Crippen molar-refractivity contribution in [1.29, 1.82) is 0 Å². The van der Waals surface area contributed by atoms with E-state index in [1.54, 1.807) is 31.2 Å². The van der Waals surface area contributed by atoms with Crippen molar-refractivity contribution in [3.63, 3.8) is 0 Å². The number of carbonyl (C=O) groups excluding carboxylic acids is 1. The van der Waals surface area contributed by atoms with Crippen LogP contribution in [0.25, 0.3) is 0 Å². The molecule has 1 aromatic heterocycles. The third-order valence-corrected chi connectivity index (χ3v) is 3.87. The van der Waals surface area contributed by atoms with Crippen LogP contribution in [-0.4, -0.2) is 29.5 Å². The molecule has 0 saturated heterocycles. The van der Waals surface area contributed by atoms with E-state index in [0.29, 0.717) is 11.3 Å². The average Bonchev–Trinajstić information content (AvgIpc) is 2.85. The number of hydrogen-bond donors (Lipinski definition) is 0. The minimum Gasteiger partial charge on any atom is -0.497 e. The van der Waals surface area contributed by atoms with Crippen LogP contribution in [0.2, 0.25) is 0 Å². The Balaban J connectivity index is 2.44. The molecule has 0 aliphatic heterocycles. The zero-order chi connectivity index (χ0) is 17.9. The second kappa shape index (κ2) is 7.25. The van der Waals surface area contributed by atoms with E-state index in [4.69, 9.17) is 9.47 Å². The van der Waals surface area contributed by atoms with E-state index in [1.165, 1.54) is 7.11 Å². The molecule has 9 heteroatoms. The number of benzene rings is 1. The van der Waals surface area contributed by atoms with Gasteiger partial charge in [-0.05, 0) is 40.5 Å². The largest absolute Gasteiger partial charge is 0.497 e. The van der Waals surface area contributed by atoms with Crippen molar-refractivity contribution >= 4 is 21.9 Å². The molecular formula is C15H14BrF3N2O3. The molecule has 130 valence electrons. The van der Waals surface area contributed by atoms with Crippen molar-refractivity contribution in [2.45, 2.75) is 19.6 Å². The lowest BCUT2D eigenvalue weighted by molar-refractivity contribution is -0.142. The van der Waals surface area contributed by atoms with E-state index in [-0.39, 0.29) is 18.8 Å². The van der Waals surface area contributed by atoms with Crippen LogP contribution >= 0.6 is 15.9 Å². The molecule has 1 heterocycles. The molecule has 0 bridgehead atoms. The van der Waals surface area contributed by atoms with Gasteiger partial charge in [0, 0.05) is 0 Å². The van der Waals surface area contributed by atoms with Crippen LogP contribution in [0.1, 0.15) is 28.7 Å². The van der Waals surface area contributed by atoms with Crippen molar-refractivity contribution < 1.29 is 27.4 Å². The fourth-order valence-corrected chi connectivity index (χ4v) is 2.70. The van der Waals surface area contributed by atoms with Crippen molar-refractivity contribution in [1.82, 2.24) is 9.78 Å². The lowest BCUT2D eigenvalue weighted by Crippen LogP contribution is -2.14. The standard InChI is InChI=1S/C15H14BrF3N2O3/c1-3-24-14(22)12-11(16)13(15(17,18)19)20-21(12)8-9-4-6-10(23-2)7-5-9/h4-7H,3,8H2,1-2H3. The van der Waals surface area contributed by atoms with Crippen LogP contribution in [0, 0.1) is 0 Å². The van der Waals surface area contributed by atoms with Gasteiger partial charge >= 0.3 is 12.1 Å². The number of carbonyl (C=O) groups is 1. The summed E-state index contributed by atoms with van der Waals surface area (Å²) in [6.07, 6.45) is -4.69. The van der Waals surface area contributed by atoms with E-state index in [1.807, 2.05) is 0 Å². The van der Waals surface area contributed by atoms with Gasteiger partial charge in [-0.1, -0.05) is 12.1 Å². The first-order valence-electron chi connectivity index (χ1n) is 6.91. The topological polar surface area (TPSA) is 53.3 Å². The smallest absolute Gasteiger partial charge is 0.436 e. The predicted octanol–water partition coefficient (Wildman–Crippen LogP) is 3.90. The molecule has 5 nitrogen and oxygen atoms in total. The minimum absolute atomic E-state index is 0.0210. The Morgan fingerprint density at radius 3 is 2.42 bits per heavy atom. The molecule has 0 amide bonds. The molecule has 0 atom stereocenters. The van der Waals surface area contributed by atoms with Crippen LogP contribution in [0.15, 0.2) is 28.7 Å². The van der Waals surface area contributed by atoms with Gasteiger partial charge in [0.15, 0.2) is 11.4 Å². The molecule has 0 aliphatic rings. The highest BCUT2D eigenvalue weighted by molar-refractivity contribution is 9.10. The molecule has 0 spiro atoms. The maximum atomic E-state index is 13.1. The average molecular weight is 407 g/mol. The molecule has 0 aliphatic carbocycles. The first-order valence-corrected chi connectivity index (χ1v) is 7.70. The van der Waals surface area contributed by atoms with Crippen molar-refractivity contribution in [2.75, 3.05) is 13.7 Å². The van der Waals surface area contributed by atoms with Crippen molar-refractivity contribution in [3.05, 3.63) is 45.7 Å². The highest BCUT2D eigenvalue weighted by Gasteiger charge is 2.40. The second-order valence-corrected chi connectivity index (χ2v) is 5.53. The van der Waals surface area contributed by atoms with Gasteiger partial charge in [-0.25, -0.2) is 4.79 Å². The SMILES string of the molecule is CCOC(=O)c1c(Br)c(C(F)(F)F)nn1Cc1ccc(OC)cc1. The lowest BCUT2D eigenvalue weighted by Gasteiger charge is -2.08. The Kier molecular flexibility index (Phi) is 5.53. The Bertz CT molecular complexity index is 727. The van der Waals surface area contributed by atoms with Crippen LogP contribution < -0.4 is 4.74 Å². The van der Waals surface area contributed by atoms with Crippen LogP contribution in [0.3, 0.4) is 0 Å². The summed E-state index contributed by atoms with van der Waals surface area (Å²) in [5.74, 6) is -0.261. The van der Waals surface area contributed by atoms with Gasteiger partial charge in [-0.2, -0.15) is 18.3 Å². The van der Waals surface area contributed by atoms with E-state index < -0.39 is 22.3 Å². The van der Waals surface area contributed by atoms with Gasteiger partial charge in [-0.3, -0.25) is 4.68 Å². The van der Waals surface area contributed by atoms with Gasteiger partial charge in [0.1, 0.15) is 5.75 Å². The molecule has 1 aromatic carbocycles. The quantitative estimate of drug-likeness (QED) is 0.706. The summed E-state index contributed by atoms with van der Waals surface area (Å²) in [6, 6.07) is 6.69. The number of rotatable bonds is 5. The number of hydrogen-bond acceptors (Lipinski definition) is 4. The number of esters is 1. The van der Waals surface area contributed by atoms with Crippen molar-refractivity contribution in [3.8, 4) is 5.75 Å². The Morgan fingerprint density at radius 2 is 1.92 bits per heavy atom. The summed E-state index contributed by atoms with van der Waals surface area (Å²) in [5.41, 5.74) is -0.788. The summed E-state index contributed by atoms with van der Waals surface area (Å²) in [5, 5.41) is 3.53. The molecule has 0 unspecified atom stereocenters. The second-order valence-electron chi connectivity index (χ2n) is 4.74. The maximum absolute atomic E-state index is 13.1. The van der Waals surface area contributed by atoms with Gasteiger partial charge in [0.05, 0.1) is 24.7 Å². The first kappa shape index (κ1) is 18.3. The monoisotopic (exact) mass is 406 g/mol. The van der Waals surface area contributed by atoms with Gasteiger partial charge < -0.3 is 9.47 Å². The molecule has 2 aromatic rings. The number of methoxy groups -OCH3 is 1. The fourth-order valence-electron chi connectivity index (χ4n) is 2.03. The molecule has 0 N–H and O–H groups in total. The van der Waals surface area contributed by atoms with E-state index in [0.717, 1.165) is 4.68 Å². The summed E-state index contributed by atoms with van der Waals surface area (Å²) in [7, 11) is 1.51. The normalized spacial score (nSPS) is 11.4. The zero-order valence-corrected chi connectivity index (χ0v) is 14.4. The van der Waals surface area contributed by atoms with E-state index in [9.17, 15) is 18.0 Å². The number of ether oxygens (including phenoxy) is 2. The molecule has 0 saturated carbocycles. The zero-order valence-electron chi connectivity index (χ0n) is 12.9. The summed E-state index contributed by atoms with van der Waals surface area (Å²) in [6.45, 7) is 1.59. The van der Waals surface area contributed by atoms with Gasteiger partial charge in [0.25, 0.3) is 0 Å². The molecule has 24 heavy (non-hydrogen) atoms. The molecule has 2 rings (SSSR count). The van der Waals surface area contributed by atoms with Gasteiger partial charge in [-0.15, -0.1) is 0 Å². The molecule has 0 fully saturated rings. The minimum atomic E-state index is -4.69. The van der Waals surface area contributed by atoms with E-state index >= 15 is 0 Å². The number of nitrogens with zero attached hydrogens (tertiary/aromatic N) is 2. The Morgan fingerprint density at radius 1 is 1.29 bits per heavy atom. The third-order valence-electron chi connectivity index (χ3n) is 3.12. The fraction of sp³-hybridized carbons (Fsp3) is 0.333. The van der Waals surface area contributed by atoms with Crippen LogP contribution in [0.4, 0.5) is 13.2 Å². The number of halogens is 4. The highest BCUT2D eigenvalue weighted by Crippen LogP contribution is 2.36. The van der Waals surface area contributed by atoms with E-state index in [2.05, 4.69) is 21.0 Å². The summed E-state index contributed by atoms with van der Waals surface area (Å²) < 4.78 is 49.6. The Labute approximate surface area is 144 Å². The Hall–Kier alpha value is -2.03.